The molecule has 162 valence electrons. The minimum atomic E-state index is -0.400. The first kappa shape index (κ1) is 20.5. The Morgan fingerprint density at radius 2 is 1.72 bits per heavy atom. The van der Waals surface area contributed by atoms with Gasteiger partial charge < -0.3 is 14.5 Å². The third-order valence-electron chi connectivity index (χ3n) is 5.92. The molecule has 2 aromatic heterocycles. The largest absolute Gasteiger partial charge is 0.361 e. The molecule has 1 aliphatic rings. The molecule has 7 heteroatoms. The fourth-order valence-electron chi connectivity index (χ4n) is 4.49. The topological polar surface area (TPSA) is 70.1 Å². The Bertz CT molecular complexity index is 1410. The first-order valence-electron chi connectivity index (χ1n) is 10.5. The zero-order valence-corrected chi connectivity index (χ0v) is 18.7. The quantitative estimate of drug-likeness (QED) is 0.434. The summed E-state index contributed by atoms with van der Waals surface area (Å²) in [6, 6.07) is 13.5. The van der Waals surface area contributed by atoms with Crippen molar-refractivity contribution in [1.29, 1.82) is 0 Å². The maximum atomic E-state index is 13.0. The third-order valence-corrected chi connectivity index (χ3v) is 6.23. The summed E-state index contributed by atoms with van der Waals surface area (Å²) in [5.41, 5.74) is 3.98. The molecule has 5 rings (SSSR count). The molecule has 0 bridgehead atoms. The van der Waals surface area contributed by atoms with Crippen LogP contribution in [0.25, 0.3) is 33.0 Å². The fourth-order valence-corrected chi connectivity index (χ4v) is 4.76. The Morgan fingerprint density at radius 1 is 0.969 bits per heavy atom. The predicted molar refractivity (Wildman–Crippen MR) is 128 cm³/mol. The highest BCUT2D eigenvalue weighted by Gasteiger charge is 2.35. The average Bonchev–Trinajstić information content (AvgIpc) is 3.41. The lowest BCUT2D eigenvalue weighted by molar-refractivity contribution is -0.122. The molecule has 4 aromatic rings. The molecule has 3 heterocycles. The molecule has 0 radical (unpaired) electrons. The molecular weight excluding hydrogens is 424 g/mol. The van der Waals surface area contributed by atoms with Crippen LogP contribution in [0.5, 0.6) is 0 Å². The molecule has 0 atom stereocenters. The van der Waals surface area contributed by atoms with E-state index in [9.17, 15) is 9.59 Å². The van der Waals surface area contributed by atoms with Crippen molar-refractivity contribution in [3.63, 3.8) is 0 Å². The summed E-state index contributed by atoms with van der Waals surface area (Å²) in [5, 5.41) is 4.73. The van der Waals surface area contributed by atoms with Gasteiger partial charge in [-0.3, -0.25) is 14.9 Å². The van der Waals surface area contributed by atoms with E-state index >= 15 is 0 Å². The second-order valence-corrected chi connectivity index (χ2v) is 8.72. The van der Waals surface area contributed by atoms with Crippen molar-refractivity contribution in [3.05, 3.63) is 71.0 Å². The zero-order valence-electron chi connectivity index (χ0n) is 17.9. The van der Waals surface area contributed by atoms with Gasteiger partial charge in [0, 0.05) is 46.4 Å². The van der Waals surface area contributed by atoms with Crippen LogP contribution in [0.1, 0.15) is 17.5 Å². The predicted octanol–water partition coefficient (Wildman–Crippen LogP) is 4.29. The van der Waals surface area contributed by atoms with Gasteiger partial charge in [0.2, 0.25) is 0 Å². The number of carbonyl (C=O) groups excluding carboxylic acids is 2. The highest BCUT2D eigenvalue weighted by molar-refractivity contribution is 6.51. The Kier molecular flexibility index (Phi) is 5.12. The number of hydrogen-bond acceptors (Lipinski definition) is 3. The number of aromatic nitrogens is 2. The number of aromatic amines is 1. The number of carbonyl (C=O) groups is 2. The Balaban J connectivity index is 1.74. The lowest BCUT2D eigenvalue weighted by atomic mass is 9.95. The number of aryl methyl sites for hydroxylation is 1. The summed E-state index contributed by atoms with van der Waals surface area (Å²) in [5.74, 6) is -0.794. The van der Waals surface area contributed by atoms with Gasteiger partial charge in [0.1, 0.15) is 0 Å². The first-order chi connectivity index (χ1) is 15.5. The number of nitrogens with zero attached hydrogens (tertiary/aromatic N) is 2. The van der Waals surface area contributed by atoms with E-state index in [-0.39, 0.29) is 0 Å². The summed E-state index contributed by atoms with van der Waals surface area (Å²) < 4.78 is 2.12. The Morgan fingerprint density at radius 3 is 2.50 bits per heavy atom. The molecule has 2 aromatic carbocycles. The van der Waals surface area contributed by atoms with Crippen molar-refractivity contribution in [2.75, 3.05) is 20.6 Å². The smallest absolute Gasteiger partial charge is 0.259 e. The van der Waals surface area contributed by atoms with Crippen LogP contribution in [0.4, 0.5) is 0 Å². The standard InChI is InChI=1S/C25H23ClN4O2/c1-29(2)11-6-12-30-14-17(21-18(26)8-5-10-20(21)30)23-22(24(31)28-25(23)32)16-13-27-19-9-4-3-7-15(16)19/h3-5,7-10,13-14,27H,6,11-12H2,1-2H3,(H,28,31,32). The van der Waals surface area contributed by atoms with Gasteiger partial charge in [0.15, 0.2) is 0 Å². The van der Waals surface area contributed by atoms with E-state index in [0.717, 1.165) is 41.3 Å². The number of nitrogens with one attached hydrogen (secondary N) is 2. The van der Waals surface area contributed by atoms with Crippen LogP contribution in [0.2, 0.25) is 5.02 Å². The van der Waals surface area contributed by atoms with Crippen LogP contribution >= 0.6 is 11.6 Å². The number of imide groups is 1. The molecule has 0 aliphatic carbocycles. The number of H-pyrrole nitrogens is 1. The van der Waals surface area contributed by atoms with Gasteiger partial charge in [-0.05, 0) is 45.3 Å². The number of halogens is 1. The van der Waals surface area contributed by atoms with Gasteiger partial charge in [-0.1, -0.05) is 35.9 Å². The lowest BCUT2D eigenvalue weighted by Gasteiger charge is -2.10. The molecule has 1 aliphatic heterocycles. The molecule has 2 amide bonds. The molecule has 6 nitrogen and oxygen atoms in total. The third kappa shape index (κ3) is 3.32. The van der Waals surface area contributed by atoms with E-state index in [0.29, 0.717) is 27.3 Å². The zero-order chi connectivity index (χ0) is 22.4. The second-order valence-electron chi connectivity index (χ2n) is 8.31. The van der Waals surface area contributed by atoms with Crippen molar-refractivity contribution in [1.82, 2.24) is 19.8 Å². The number of amides is 2. The maximum Gasteiger partial charge on any atom is 0.259 e. The summed E-state index contributed by atoms with van der Waals surface area (Å²) in [6.07, 6.45) is 4.69. The number of hydrogen-bond donors (Lipinski definition) is 2. The molecule has 0 saturated carbocycles. The highest BCUT2D eigenvalue weighted by atomic mass is 35.5. The summed E-state index contributed by atoms with van der Waals surface area (Å²) in [7, 11) is 4.09. The van der Waals surface area contributed by atoms with Gasteiger partial charge in [-0.25, -0.2) is 0 Å². The molecule has 0 saturated heterocycles. The number of fused-ring (bicyclic) bond motifs is 2. The van der Waals surface area contributed by atoms with Crippen LogP contribution in [-0.4, -0.2) is 46.9 Å². The summed E-state index contributed by atoms with van der Waals surface area (Å²) in [4.78, 5) is 31.3. The maximum absolute atomic E-state index is 13.0. The van der Waals surface area contributed by atoms with Crippen molar-refractivity contribution >= 4 is 56.4 Å². The van der Waals surface area contributed by atoms with Crippen molar-refractivity contribution < 1.29 is 9.59 Å². The Hall–Kier alpha value is -3.35. The van der Waals surface area contributed by atoms with Crippen LogP contribution in [0.15, 0.2) is 54.9 Å². The fraction of sp³-hybridized carbons (Fsp3) is 0.200. The van der Waals surface area contributed by atoms with Gasteiger partial charge in [0.25, 0.3) is 11.8 Å². The monoisotopic (exact) mass is 446 g/mol. The number of rotatable bonds is 6. The van der Waals surface area contributed by atoms with Crippen molar-refractivity contribution in [2.45, 2.75) is 13.0 Å². The lowest BCUT2D eigenvalue weighted by Crippen LogP contribution is -2.22. The van der Waals surface area contributed by atoms with E-state index in [1.807, 2.05) is 62.8 Å². The van der Waals surface area contributed by atoms with Crippen LogP contribution in [-0.2, 0) is 16.1 Å². The minimum absolute atomic E-state index is 0.365. The van der Waals surface area contributed by atoms with Gasteiger partial charge in [-0.15, -0.1) is 0 Å². The molecule has 0 spiro atoms. The molecule has 0 unspecified atom stereocenters. The molecular formula is C25H23ClN4O2. The van der Waals surface area contributed by atoms with Gasteiger partial charge >= 0.3 is 0 Å². The van der Waals surface area contributed by atoms with E-state index in [2.05, 4.69) is 19.8 Å². The summed E-state index contributed by atoms with van der Waals surface area (Å²) >= 11 is 6.62. The molecule has 0 fully saturated rings. The highest BCUT2D eigenvalue weighted by Crippen LogP contribution is 2.40. The van der Waals surface area contributed by atoms with E-state index in [1.165, 1.54) is 0 Å². The van der Waals surface area contributed by atoms with Crippen molar-refractivity contribution in [2.24, 2.45) is 0 Å². The van der Waals surface area contributed by atoms with Gasteiger partial charge in [0.05, 0.1) is 21.7 Å². The minimum Gasteiger partial charge on any atom is -0.361 e. The molecule has 32 heavy (non-hydrogen) atoms. The second kappa shape index (κ2) is 7.97. The summed E-state index contributed by atoms with van der Waals surface area (Å²) in [6.45, 7) is 1.72. The molecule has 2 N–H and O–H groups in total. The SMILES string of the molecule is CN(C)CCCn1cc(C2=C(c3c[nH]c4ccccc34)C(=O)NC2=O)c2c(Cl)cccc21. The normalized spacial score (nSPS) is 14.4. The Labute approximate surface area is 190 Å². The average molecular weight is 447 g/mol. The van der Waals surface area contributed by atoms with Crippen LogP contribution in [0.3, 0.4) is 0 Å². The van der Waals surface area contributed by atoms with E-state index in [4.69, 9.17) is 11.6 Å². The van der Waals surface area contributed by atoms with Gasteiger partial charge in [-0.2, -0.15) is 0 Å². The van der Waals surface area contributed by atoms with E-state index in [1.54, 1.807) is 6.20 Å². The van der Waals surface area contributed by atoms with Crippen LogP contribution in [0, 0.1) is 0 Å². The first-order valence-corrected chi connectivity index (χ1v) is 10.9. The van der Waals surface area contributed by atoms with E-state index < -0.39 is 11.8 Å². The number of para-hydroxylation sites is 1. The number of benzene rings is 2. The van der Waals surface area contributed by atoms with Crippen LogP contribution < -0.4 is 5.32 Å². The van der Waals surface area contributed by atoms with Crippen molar-refractivity contribution in [3.8, 4) is 0 Å².